The number of nitrogens with zero attached hydrogens (tertiary/aromatic N) is 2. The second-order valence-corrected chi connectivity index (χ2v) is 11.4. The number of hydrogen-bond acceptors (Lipinski definition) is 4. The van der Waals surface area contributed by atoms with Crippen LogP contribution in [0.15, 0.2) is 42.5 Å². The van der Waals surface area contributed by atoms with Gasteiger partial charge in [-0.3, -0.25) is 13.9 Å². The molecule has 1 fully saturated rings. The number of anilines is 1. The van der Waals surface area contributed by atoms with Crippen molar-refractivity contribution in [2.75, 3.05) is 17.1 Å². The van der Waals surface area contributed by atoms with E-state index in [9.17, 15) is 22.4 Å². The Labute approximate surface area is 211 Å². The molecule has 1 aliphatic rings. The molecule has 0 spiro atoms. The van der Waals surface area contributed by atoms with Crippen molar-refractivity contribution in [3.05, 3.63) is 64.4 Å². The average Bonchev–Trinajstić information content (AvgIpc) is 3.29. The number of amides is 2. The SMILES string of the molecule is Cc1cccc(CN(C(=O)CN(c2ccc(F)c(Cl)c2)S(C)(=O)=O)[C@@H](C)C(=O)NC2CCCC2)c1. The molecule has 0 saturated heterocycles. The van der Waals surface area contributed by atoms with E-state index in [0.29, 0.717) is 0 Å². The van der Waals surface area contributed by atoms with Gasteiger partial charge in [-0.05, 0) is 50.5 Å². The Kier molecular flexibility index (Phi) is 8.77. The van der Waals surface area contributed by atoms with Crippen LogP contribution in [0.25, 0.3) is 0 Å². The quantitative estimate of drug-likeness (QED) is 0.537. The molecule has 190 valence electrons. The first kappa shape index (κ1) is 26.9. The van der Waals surface area contributed by atoms with Gasteiger partial charge in [0.05, 0.1) is 17.0 Å². The summed E-state index contributed by atoms with van der Waals surface area (Å²) in [6, 6.07) is 10.2. The number of hydrogen-bond donors (Lipinski definition) is 1. The van der Waals surface area contributed by atoms with Gasteiger partial charge < -0.3 is 10.2 Å². The van der Waals surface area contributed by atoms with Gasteiger partial charge in [0, 0.05) is 12.6 Å². The highest BCUT2D eigenvalue weighted by Crippen LogP contribution is 2.25. The number of nitrogens with one attached hydrogen (secondary N) is 1. The van der Waals surface area contributed by atoms with Gasteiger partial charge in [-0.1, -0.05) is 54.3 Å². The molecule has 0 heterocycles. The van der Waals surface area contributed by atoms with Gasteiger partial charge in [0.15, 0.2) is 0 Å². The van der Waals surface area contributed by atoms with Crippen molar-refractivity contribution in [2.24, 2.45) is 0 Å². The highest BCUT2D eigenvalue weighted by Gasteiger charge is 2.31. The van der Waals surface area contributed by atoms with Crippen molar-refractivity contribution in [1.82, 2.24) is 10.2 Å². The van der Waals surface area contributed by atoms with Crippen LogP contribution in [-0.2, 0) is 26.2 Å². The molecule has 2 amide bonds. The zero-order chi connectivity index (χ0) is 25.8. The fourth-order valence-electron chi connectivity index (χ4n) is 4.24. The maximum atomic E-state index is 13.7. The summed E-state index contributed by atoms with van der Waals surface area (Å²) in [5.74, 6) is -1.55. The van der Waals surface area contributed by atoms with Crippen molar-refractivity contribution >= 4 is 39.1 Å². The number of benzene rings is 2. The third-order valence-corrected chi connectivity index (χ3v) is 7.60. The molecule has 1 atom stereocenters. The maximum absolute atomic E-state index is 13.7. The normalized spacial score (nSPS) is 15.0. The molecule has 10 heteroatoms. The van der Waals surface area contributed by atoms with Gasteiger partial charge in [0.25, 0.3) is 0 Å². The van der Waals surface area contributed by atoms with E-state index >= 15 is 0 Å². The summed E-state index contributed by atoms with van der Waals surface area (Å²) < 4.78 is 39.7. The van der Waals surface area contributed by atoms with Crippen molar-refractivity contribution in [2.45, 2.75) is 58.2 Å². The number of halogens is 2. The van der Waals surface area contributed by atoms with Crippen molar-refractivity contribution < 1.29 is 22.4 Å². The molecule has 0 radical (unpaired) electrons. The molecule has 2 aromatic rings. The maximum Gasteiger partial charge on any atom is 0.244 e. The second-order valence-electron chi connectivity index (χ2n) is 9.04. The summed E-state index contributed by atoms with van der Waals surface area (Å²) in [4.78, 5) is 27.9. The first-order valence-electron chi connectivity index (χ1n) is 11.5. The monoisotopic (exact) mass is 523 g/mol. The van der Waals surface area contributed by atoms with E-state index in [4.69, 9.17) is 11.6 Å². The average molecular weight is 524 g/mol. The van der Waals surface area contributed by atoms with Crippen LogP contribution < -0.4 is 9.62 Å². The minimum atomic E-state index is -3.92. The molecular formula is C25H31ClFN3O4S. The lowest BCUT2D eigenvalue weighted by molar-refractivity contribution is -0.139. The van der Waals surface area contributed by atoms with Gasteiger partial charge in [0.2, 0.25) is 21.8 Å². The van der Waals surface area contributed by atoms with Crippen LogP contribution in [0.2, 0.25) is 5.02 Å². The molecule has 0 aromatic heterocycles. The van der Waals surface area contributed by atoms with Crippen LogP contribution in [-0.4, -0.2) is 50.0 Å². The Bertz CT molecular complexity index is 1180. The number of carbonyl (C=O) groups excluding carboxylic acids is 2. The van der Waals surface area contributed by atoms with E-state index in [-0.39, 0.29) is 29.2 Å². The lowest BCUT2D eigenvalue weighted by atomic mass is 10.1. The largest absolute Gasteiger partial charge is 0.352 e. The highest BCUT2D eigenvalue weighted by molar-refractivity contribution is 7.92. The number of aryl methyl sites for hydroxylation is 1. The van der Waals surface area contributed by atoms with E-state index in [1.165, 1.54) is 11.0 Å². The Hall–Kier alpha value is -2.65. The number of carbonyl (C=O) groups is 2. The van der Waals surface area contributed by atoms with E-state index < -0.39 is 34.3 Å². The topological polar surface area (TPSA) is 86.8 Å². The fraction of sp³-hybridized carbons (Fsp3) is 0.440. The van der Waals surface area contributed by atoms with Gasteiger partial charge in [-0.2, -0.15) is 0 Å². The minimum Gasteiger partial charge on any atom is -0.352 e. The molecule has 1 aliphatic carbocycles. The third-order valence-electron chi connectivity index (χ3n) is 6.17. The van der Waals surface area contributed by atoms with Crippen LogP contribution in [0.5, 0.6) is 0 Å². The Balaban J connectivity index is 1.89. The van der Waals surface area contributed by atoms with Crippen LogP contribution in [0, 0.1) is 12.7 Å². The molecule has 0 bridgehead atoms. The lowest BCUT2D eigenvalue weighted by Crippen LogP contribution is -2.52. The van der Waals surface area contributed by atoms with Gasteiger partial charge >= 0.3 is 0 Å². The van der Waals surface area contributed by atoms with Crippen molar-refractivity contribution in [3.63, 3.8) is 0 Å². The summed E-state index contributed by atoms with van der Waals surface area (Å²) >= 11 is 5.86. The van der Waals surface area contributed by atoms with E-state index in [0.717, 1.165) is 59.5 Å². The summed E-state index contributed by atoms with van der Waals surface area (Å²) in [6.07, 6.45) is 4.86. The minimum absolute atomic E-state index is 0.0609. The van der Waals surface area contributed by atoms with Crippen LogP contribution >= 0.6 is 11.6 Å². The second kappa shape index (κ2) is 11.4. The standard InChI is InChI=1S/C25H31ClFN3O4S/c1-17-7-6-8-19(13-17)15-29(18(2)25(32)28-20-9-4-5-10-20)24(31)16-30(35(3,33)34)21-11-12-23(27)22(26)14-21/h6-8,11-14,18,20H,4-5,9-10,15-16H2,1-3H3,(H,28,32)/t18-/m0/s1. The van der Waals surface area contributed by atoms with Crippen LogP contribution in [0.4, 0.5) is 10.1 Å². The van der Waals surface area contributed by atoms with E-state index in [2.05, 4.69) is 5.32 Å². The van der Waals surface area contributed by atoms with Crippen LogP contribution in [0.1, 0.15) is 43.7 Å². The molecular weight excluding hydrogens is 493 g/mol. The number of sulfonamides is 1. The zero-order valence-electron chi connectivity index (χ0n) is 20.1. The summed E-state index contributed by atoms with van der Waals surface area (Å²) in [7, 11) is -3.92. The Morgan fingerprint density at radius 1 is 1.17 bits per heavy atom. The van der Waals surface area contributed by atoms with Gasteiger partial charge in [-0.15, -0.1) is 0 Å². The van der Waals surface area contributed by atoms with Gasteiger partial charge in [0.1, 0.15) is 18.4 Å². The zero-order valence-corrected chi connectivity index (χ0v) is 21.7. The summed E-state index contributed by atoms with van der Waals surface area (Å²) in [6.45, 7) is 3.13. The number of rotatable bonds is 9. The van der Waals surface area contributed by atoms with Crippen molar-refractivity contribution in [3.8, 4) is 0 Å². The molecule has 0 aliphatic heterocycles. The smallest absolute Gasteiger partial charge is 0.244 e. The van der Waals surface area contributed by atoms with E-state index in [1.807, 2.05) is 31.2 Å². The predicted octanol–water partition coefficient (Wildman–Crippen LogP) is 4.03. The lowest BCUT2D eigenvalue weighted by Gasteiger charge is -2.32. The molecule has 1 saturated carbocycles. The summed E-state index contributed by atoms with van der Waals surface area (Å²) in [5.41, 5.74) is 1.87. The fourth-order valence-corrected chi connectivity index (χ4v) is 5.25. The van der Waals surface area contributed by atoms with Crippen molar-refractivity contribution in [1.29, 1.82) is 0 Å². The Morgan fingerprint density at radius 2 is 1.86 bits per heavy atom. The first-order chi connectivity index (χ1) is 16.5. The molecule has 1 N–H and O–H groups in total. The Morgan fingerprint density at radius 3 is 2.46 bits per heavy atom. The molecule has 7 nitrogen and oxygen atoms in total. The highest BCUT2D eigenvalue weighted by atomic mass is 35.5. The molecule has 35 heavy (non-hydrogen) atoms. The first-order valence-corrected chi connectivity index (χ1v) is 13.8. The predicted molar refractivity (Wildman–Crippen MR) is 135 cm³/mol. The molecule has 3 rings (SSSR count). The third kappa shape index (κ3) is 7.18. The van der Waals surface area contributed by atoms with E-state index in [1.54, 1.807) is 6.92 Å². The van der Waals surface area contributed by atoms with Gasteiger partial charge in [-0.25, -0.2) is 12.8 Å². The molecule has 2 aromatic carbocycles. The summed E-state index contributed by atoms with van der Waals surface area (Å²) in [5, 5.41) is 2.76. The molecule has 0 unspecified atom stereocenters. The van der Waals surface area contributed by atoms with Crippen LogP contribution in [0.3, 0.4) is 0 Å².